The number of nitrogens with one attached hydrogen (secondary N) is 1. The summed E-state index contributed by atoms with van der Waals surface area (Å²) in [5, 5.41) is 2.83. The highest BCUT2D eigenvalue weighted by Gasteiger charge is 2.05. The second kappa shape index (κ2) is 7.10. The predicted molar refractivity (Wildman–Crippen MR) is 50.8 cm³/mol. The summed E-state index contributed by atoms with van der Waals surface area (Å²) in [5.74, 6) is 0.640. The van der Waals surface area contributed by atoms with Crippen LogP contribution in [0, 0.1) is 5.92 Å². The van der Waals surface area contributed by atoms with Crippen LogP contribution in [0.25, 0.3) is 0 Å². The molecule has 3 heteroatoms. The lowest BCUT2D eigenvalue weighted by molar-refractivity contribution is -0.121. The fraction of sp³-hybridized carbons (Fsp3) is 0.889. The third-order valence-corrected chi connectivity index (χ3v) is 1.93. The van der Waals surface area contributed by atoms with Crippen molar-refractivity contribution in [3.8, 4) is 0 Å². The Labute approximate surface area is 74.7 Å². The molecule has 0 fully saturated rings. The molecule has 0 rings (SSSR count). The molecule has 0 aromatic carbocycles. The number of hydrogen-bond acceptors (Lipinski definition) is 2. The van der Waals surface area contributed by atoms with Crippen molar-refractivity contribution in [2.75, 3.05) is 13.1 Å². The molecule has 0 aromatic heterocycles. The van der Waals surface area contributed by atoms with Crippen molar-refractivity contribution in [2.24, 2.45) is 11.7 Å². The summed E-state index contributed by atoms with van der Waals surface area (Å²) >= 11 is 0. The van der Waals surface area contributed by atoms with E-state index in [9.17, 15) is 4.79 Å². The highest BCUT2D eigenvalue weighted by molar-refractivity contribution is 5.76. The zero-order chi connectivity index (χ0) is 9.40. The quantitative estimate of drug-likeness (QED) is 0.584. The van der Waals surface area contributed by atoms with Gasteiger partial charge in [0.2, 0.25) is 5.91 Å². The van der Waals surface area contributed by atoms with Gasteiger partial charge in [-0.1, -0.05) is 20.3 Å². The number of carbonyl (C=O) groups is 1. The Hall–Kier alpha value is -0.570. The first-order valence-electron chi connectivity index (χ1n) is 4.67. The molecule has 0 aliphatic carbocycles. The maximum absolute atomic E-state index is 11.1. The van der Waals surface area contributed by atoms with Gasteiger partial charge in [0.1, 0.15) is 0 Å². The van der Waals surface area contributed by atoms with E-state index in [4.69, 9.17) is 5.73 Å². The summed E-state index contributed by atoms with van der Waals surface area (Å²) < 4.78 is 0. The summed E-state index contributed by atoms with van der Waals surface area (Å²) in [5.41, 5.74) is 5.29. The van der Waals surface area contributed by atoms with Gasteiger partial charge in [0.15, 0.2) is 0 Å². The maximum Gasteiger partial charge on any atom is 0.220 e. The SMILES string of the molecule is CCC(C)CC(=O)NCCCN. The second-order valence-corrected chi connectivity index (χ2v) is 3.21. The molecule has 72 valence electrons. The van der Waals surface area contributed by atoms with Gasteiger partial charge in [-0.15, -0.1) is 0 Å². The van der Waals surface area contributed by atoms with E-state index in [0.29, 0.717) is 25.4 Å². The lowest BCUT2D eigenvalue weighted by Crippen LogP contribution is -2.27. The Morgan fingerprint density at radius 2 is 2.25 bits per heavy atom. The van der Waals surface area contributed by atoms with E-state index < -0.39 is 0 Å². The average Bonchev–Trinajstić information content (AvgIpc) is 2.05. The van der Waals surface area contributed by atoms with Crippen LogP contribution in [0.3, 0.4) is 0 Å². The van der Waals surface area contributed by atoms with Crippen molar-refractivity contribution in [2.45, 2.75) is 33.1 Å². The summed E-state index contributed by atoms with van der Waals surface area (Å²) in [6, 6.07) is 0. The van der Waals surface area contributed by atoms with Crippen LogP contribution in [-0.2, 0) is 4.79 Å². The monoisotopic (exact) mass is 172 g/mol. The Bertz CT molecular complexity index is 126. The topological polar surface area (TPSA) is 55.1 Å². The van der Waals surface area contributed by atoms with Crippen molar-refractivity contribution in [3.05, 3.63) is 0 Å². The fourth-order valence-electron chi connectivity index (χ4n) is 0.863. The lowest BCUT2D eigenvalue weighted by atomic mass is 10.1. The molecule has 0 saturated carbocycles. The summed E-state index contributed by atoms with van der Waals surface area (Å²) in [7, 11) is 0. The van der Waals surface area contributed by atoms with E-state index >= 15 is 0 Å². The Balaban J connectivity index is 3.33. The van der Waals surface area contributed by atoms with E-state index in [1.165, 1.54) is 0 Å². The molecule has 0 heterocycles. The average molecular weight is 172 g/mol. The summed E-state index contributed by atoms with van der Waals surface area (Å²) in [6.07, 6.45) is 2.57. The molecular formula is C9H20N2O. The second-order valence-electron chi connectivity index (χ2n) is 3.21. The molecule has 0 saturated heterocycles. The molecule has 0 aromatic rings. The molecule has 3 nitrogen and oxygen atoms in total. The number of rotatable bonds is 6. The zero-order valence-electron chi connectivity index (χ0n) is 8.10. The van der Waals surface area contributed by atoms with Crippen LogP contribution in [0.4, 0.5) is 0 Å². The van der Waals surface area contributed by atoms with E-state index in [2.05, 4.69) is 19.2 Å². The zero-order valence-corrected chi connectivity index (χ0v) is 8.10. The first kappa shape index (κ1) is 11.4. The van der Waals surface area contributed by atoms with E-state index in [1.807, 2.05) is 0 Å². The van der Waals surface area contributed by atoms with Gasteiger partial charge in [0.25, 0.3) is 0 Å². The Morgan fingerprint density at radius 1 is 1.58 bits per heavy atom. The van der Waals surface area contributed by atoms with Crippen molar-refractivity contribution < 1.29 is 4.79 Å². The molecule has 1 unspecified atom stereocenters. The first-order valence-corrected chi connectivity index (χ1v) is 4.67. The van der Waals surface area contributed by atoms with Gasteiger partial charge < -0.3 is 11.1 Å². The number of hydrogen-bond donors (Lipinski definition) is 2. The van der Waals surface area contributed by atoms with Crippen molar-refractivity contribution in [1.29, 1.82) is 0 Å². The molecule has 3 N–H and O–H groups in total. The lowest BCUT2D eigenvalue weighted by Gasteiger charge is -2.08. The number of nitrogens with two attached hydrogens (primary N) is 1. The summed E-state index contributed by atoms with van der Waals surface area (Å²) in [6.45, 7) is 5.54. The minimum absolute atomic E-state index is 0.151. The minimum Gasteiger partial charge on any atom is -0.356 e. The normalized spacial score (nSPS) is 12.6. The molecule has 0 aliphatic heterocycles. The van der Waals surface area contributed by atoms with E-state index in [1.54, 1.807) is 0 Å². The fourth-order valence-corrected chi connectivity index (χ4v) is 0.863. The smallest absolute Gasteiger partial charge is 0.220 e. The standard InChI is InChI=1S/C9H20N2O/c1-3-8(2)7-9(12)11-6-4-5-10/h8H,3-7,10H2,1-2H3,(H,11,12). The van der Waals surface area contributed by atoms with Gasteiger partial charge in [0, 0.05) is 13.0 Å². The van der Waals surface area contributed by atoms with Gasteiger partial charge in [-0.3, -0.25) is 4.79 Å². The van der Waals surface area contributed by atoms with Gasteiger partial charge in [-0.25, -0.2) is 0 Å². The third kappa shape index (κ3) is 6.16. The molecule has 1 atom stereocenters. The highest BCUT2D eigenvalue weighted by atomic mass is 16.1. The minimum atomic E-state index is 0.151. The molecule has 0 bridgehead atoms. The molecule has 0 aliphatic rings. The first-order chi connectivity index (χ1) is 5.70. The van der Waals surface area contributed by atoms with E-state index in [0.717, 1.165) is 12.8 Å². The molecule has 0 radical (unpaired) electrons. The molecule has 12 heavy (non-hydrogen) atoms. The van der Waals surface area contributed by atoms with Crippen LogP contribution in [0.5, 0.6) is 0 Å². The van der Waals surface area contributed by atoms with Crippen LogP contribution in [0.15, 0.2) is 0 Å². The van der Waals surface area contributed by atoms with Crippen molar-refractivity contribution >= 4 is 5.91 Å². The van der Waals surface area contributed by atoms with Gasteiger partial charge in [-0.05, 0) is 18.9 Å². The van der Waals surface area contributed by atoms with Crippen LogP contribution >= 0.6 is 0 Å². The number of carbonyl (C=O) groups excluding carboxylic acids is 1. The number of amides is 1. The van der Waals surface area contributed by atoms with Crippen LogP contribution in [-0.4, -0.2) is 19.0 Å². The Kier molecular flexibility index (Phi) is 6.76. The molecule has 1 amide bonds. The van der Waals surface area contributed by atoms with Crippen LogP contribution in [0.2, 0.25) is 0 Å². The maximum atomic E-state index is 11.1. The molecular weight excluding hydrogens is 152 g/mol. The van der Waals surface area contributed by atoms with Crippen LogP contribution < -0.4 is 11.1 Å². The Morgan fingerprint density at radius 3 is 2.75 bits per heavy atom. The van der Waals surface area contributed by atoms with Gasteiger partial charge >= 0.3 is 0 Å². The third-order valence-electron chi connectivity index (χ3n) is 1.93. The van der Waals surface area contributed by atoms with E-state index in [-0.39, 0.29) is 5.91 Å². The van der Waals surface area contributed by atoms with Gasteiger partial charge in [0.05, 0.1) is 0 Å². The predicted octanol–water partition coefficient (Wildman–Crippen LogP) is 0.888. The summed E-state index contributed by atoms with van der Waals surface area (Å²) in [4.78, 5) is 11.1. The highest BCUT2D eigenvalue weighted by Crippen LogP contribution is 2.05. The largest absolute Gasteiger partial charge is 0.356 e. The molecule has 0 spiro atoms. The van der Waals surface area contributed by atoms with Crippen molar-refractivity contribution in [3.63, 3.8) is 0 Å². The van der Waals surface area contributed by atoms with Crippen molar-refractivity contribution in [1.82, 2.24) is 5.32 Å². The van der Waals surface area contributed by atoms with Gasteiger partial charge in [-0.2, -0.15) is 0 Å². The van der Waals surface area contributed by atoms with Crippen LogP contribution in [0.1, 0.15) is 33.1 Å².